The van der Waals surface area contributed by atoms with Crippen LogP contribution in [0.25, 0.3) is 55.7 Å². The number of aromatic nitrogens is 6. The molecule has 1 amide bonds. The topological polar surface area (TPSA) is 125 Å². The first-order valence-corrected chi connectivity index (χ1v) is 15.8. The maximum absolute atomic E-state index is 14.8. The Labute approximate surface area is 264 Å². The number of benzene rings is 1. The van der Waals surface area contributed by atoms with E-state index >= 15 is 0 Å². The Morgan fingerprint density at radius 2 is 1.87 bits per heavy atom. The Balaban J connectivity index is 1.09. The second kappa shape index (κ2) is 12.0. The molecule has 232 valence electrons. The van der Waals surface area contributed by atoms with Gasteiger partial charge in [-0.05, 0) is 86.3 Å². The average Bonchev–Trinajstić information content (AvgIpc) is 3.79. The molecule has 46 heavy (non-hydrogen) atoms. The Bertz CT molecular complexity index is 2060. The van der Waals surface area contributed by atoms with Gasteiger partial charge in [0, 0.05) is 47.3 Å². The predicted octanol–water partition coefficient (Wildman–Crippen LogP) is 6.58. The number of aromatic amines is 2. The van der Waals surface area contributed by atoms with E-state index in [0.717, 1.165) is 72.0 Å². The van der Waals surface area contributed by atoms with Gasteiger partial charge in [-0.25, -0.2) is 9.37 Å². The summed E-state index contributed by atoms with van der Waals surface area (Å²) in [6, 6.07) is 12.6. The van der Waals surface area contributed by atoms with Crippen LogP contribution in [0.5, 0.6) is 5.75 Å². The number of anilines is 1. The van der Waals surface area contributed by atoms with Gasteiger partial charge in [0.2, 0.25) is 5.91 Å². The maximum Gasteiger partial charge on any atom is 0.227 e. The maximum atomic E-state index is 14.8. The molecule has 0 atom stereocenters. The number of fused-ring (bicyclic) bond motifs is 2. The van der Waals surface area contributed by atoms with Crippen LogP contribution >= 0.6 is 0 Å². The number of halogens is 1. The Kier molecular flexibility index (Phi) is 7.37. The number of ether oxygens (including phenoxy) is 1. The highest BCUT2D eigenvalue weighted by Crippen LogP contribution is 2.36. The van der Waals surface area contributed by atoms with Crippen molar-refractivity contribution < 1.29 is 13.9 Å². The number of nitrogens with one attached hydrogen (secondary N) is 3. The molecule has 11 heteroatoms. The third-order valence-electron chi connectivity index (χ3n) is 9.07. The molecule has 6 aromatic rings. The van der Waals surface area contributed by atoms with Crippen LogP contribution in [-0.4, -0.2) is 67.2 Å². The lowest BCUT2D eigenvalue weighted by Gasteiger charge is -2.24. The van der Waals surface area contributed by atoms with Gasteiger partial charge >= 0.3 is 0 Å². The summed E-state index contributed by atoms with van der Waals surface area (Å²) in [5, 5.41) is 12.4. The quantitative estimate of drug-likeness (QED) is 0.168. The van der Waals surface area contributed by atoms with Gasteiger partial charge in [0.05, 0.1) is 35.0 Å². The van der Waals surface area contributed by atoms with E-state index in [2.05, 4.69) is 40.3 Å². The van der Waals surface area contributed by atoms with Crippen LogP contribution in [0.4, 0.5) is 10.1 Å². The fourth-order valence-corrected chi connectivity index (χ4v) is 6.35. The zero-order valence-electron chi connectivity index (χ0n) is 25.2. The number of H-pyrrole nitrogens is 2. The van der Waals surface area contributed by atoms with Crippen LogP contribution in [0.15, 0.2) is 67.3 Å². The number of amides is 1. The first kappa shape index (κ1) is 28.3. The minimum atomic E-state index is -0.353. The molecule has 8 rings (SSSR count). The molecule has 2 fully saturated rings. The Morgan fingerprint density at radius 1 is 0.978 bits per heavy atom. The van der Waals surface area contributed by atoms with Crippen LogP contribution in [0.3, 0.4) is 0 Å². The lowest BCUT2D eigenvalue weighted by molar-refractivity contribution is -0.122. The largest absolute Gasteiger partial charge is 0.492 e. The van der Waals surface area contributed by atoms with Gasteiger partial charge in [0.25, 0.3) is 0 Å². The lowest BCUT2D eigenvalue weighted by Crippen LogP contribution is -2.28. The summed E-state index contributed by atoms with van der Waals surface area (Å²) in [5.74, 6) is 0.277. The molecular weight excluding hydrogens is 583 g/mol. The smallest absolute Gasteiger partial charge is 0.227 e. The van der Waals surface area contributed by atoms with Crippen molar-refractivity contribution in [3.63, 3.8) is 0 Å². The van der Waals surface area contributed by atoms with Gasteiger partial charge in [-0.3, -0.25) is 24.8 Å². The third kappa shape index (κ3) is 5.58. The molecule has 0 bridgehead atoms. The minimum absolute atomic E-state index is 0.0389. The first-order valence-electron chi connectivity index (χ1n) is 15.8. The molecule has 0 radical (unpaired) electrons. The molecular formula is C35H33FN8O2. The molecule has 5 aromatic heterocycles. The van der Waals surface area contributed by atoms with Crippen LogP contribution < -0.4 is 10.1 Å². The summed E-state index contributed by atoms with van der Waals surface area (Å²) in [5.41, 5.74) is 6.59. The number of hydrogen-bond acceptors (Lipinski definition) is 7. The molecule has 10 nitrogen and oxygen atoms in total. The van der Waals surface area contributed by atoms with Crippen LogP contribution in [-0.2, 0) is 4.79 Å². The van der Waals surface area contributed by atoms with Crippen molar-refractivity contribution in [2.24, 2.45) is 5.92 Å². The van der Waals surface area contributed by atoms with Crippen molar-refractivity contribution in [2.75, 3.05) is 31.6 Å². The van der Waals surface area contributed by atoms with E-state index in [1.165, 1.54) is 25.0 Å². The van der Waals surface area contributed by atoms with E-state index in [-0.39, 0.29) is 17.6 Å². The van der Waals surface area contributed by atoms with Gasteiger partial charge in [-0.2, -0.15) is 5.10 Å². The highest BCUT2D eigenvalue weighted by Gasteiger charge is 2.25. The second-order valence-electron chi connectivity index (χ2n) is 12.1. The molecule has 1 aliphatic carbocycles. The van der Waals surface area contributed by atoms with Crippen molar-refractivity contribution in [1.29, 1.82) is 0 Å². The van der Waals surface area contributed by atoms with Crippen LogP contribution in [0.2, 0.25) is 0 Å². The van der Waals surface area contributed by atoms with Gasteiger partial charge in [0.1, 0.15) is 29.5 Å². The fraction of sp³-hybridized carbons (Fsp3) is 0.286. The molecule has 1 aromatic carbocycles. The first-order chi connectivity index (χ1) is 22.6. The molecule has 3 N–H and O–H groups in total. The van der Waals surface area contributed by atoms with E-state index < -0.39 is 0 Å². The van der Waals surface area contributed by atoms with Gasteiger partial charge in [-0.15, -0.1) is 0 Å². The standard InChI is InChI=1S/C35H33FN8O2/c36-24-12-22(14-26(15-24)46-11-10-44-8-1-2-9-44)27-6-7-38-34-28(27)16-31(41-34)33-29-17-30(39-20-32(29)42-43-33)23-13-25(19-37-18-23)40-35(45)21-4-3-5-21/h6-7,12-21H,1-5,8-11H2,(H,38,41)(H,40,45)(H,42,43). The molecule has 1 aliphatic heterocycles. The molecule has 1 saturated heterocycles. The number of carbonyl (C=O) groups excluding carboxylic acids is 1. The van der Waals surface area contributed by atoms with E-state index in [9.17, 15) is 9.18 Å². The van der Waals surface area contributed by atoms with E-state index in [1.807, 2.05) is 30.3 Å². The summed E-state index contributed by atoms with van der Waals surface area (Å²) >= 11 is 0. The van der Waals surface area contributed by atoms with Crippen LogP contribution in [0, 0.1) is 11.7 Å². The van der Waals surface area contributed by atoms with Gasteiger partial charge in [0.15, 0.2) is 0 Å². The van der Waals surface area contributed by atoms with E-state index in [0.29, 0.717) is 40.6 Å². The minimum Gasteiger partial charge on any atom is -0.492 e. The van der Waals surface area contributed by atoms with Crippen molar-refractivity contribution in [2.45, 2.75) is 32.1 Å². The zero-order valence-corrected chi connectivity index (χ0v) is 25.2. The molecule has 0 spiro atoms. The Morgan fingerprint density at radius 3 is 2.72 bits per heavy atom. The summed E-state index contributed by atoms with van der Waals surface area (Å²) in [6.07, 6.45) is 12.2. The number of nitrogens with zero attached hydrogens (tertiary/aromatic N) is 5. The molecule has 6 heterocycles. The average molecular weight is 617 g/mol. The second-order valence-corrected chi connectivity index (χ2v) is 12.1. The van der Waals surface area contributed by atoms with Crippen molar-refractivity contribution in [1.82, 2.24) is 35.0 Å². The van der Waals surface area contributed by atoms with Gasteiger partial charge in [-0.1, -0.05) is 6.42 Å². The Hall–Kier alpha value is -5.16. The van der Waals surface area contributed by atoms with Crippen molar-refractivity contribution in [3.8, 4) is 39.5 Å². The monoisotopic (exact) mass is 616 g/mol. The SMILES string of the molecule is O=C(Nc1cncc(-c2cc3c(-c4cc5c(-c6cc(F)cc(OCCN7CCCC7)c6)ccnc5[nH]4)n[nH]c3cn2)c1)C1CCC1. The van der Waals surface area contributed by atoms with Crippen molar-refractivity contribution in [3.05, 3.63) is 73.1 Å². The van der Waals surface area contributed by atoms with Crippen LogP contribution in [0.1, 0.15) is 32.1 Å². The predicted molar refractivity (Wildman–Crippen MR) is 175 cm³/mol. The van der Waals surface area contributed by atoms with E-state index in [4.69, 9.17) is 4.74 Å². The number of hydrogen-bond donors (Lipinski definition) is 3. The van der Waals surface area contributed by atoms with Gasteiger partial charge < -0.3 is 15.0 Å². The highest BCUT2D eigenvalue weighted by atomic mass is 19.1. The summed E-state index contributed by atoms with van der Waals surface area (Å²) in [6.45, 7) is 3.54. The highest BCUT2D eigenvalue weighted by molar-refractivity contribution is 6.00. The van der Waals surface area contributed by atoms with Crippen molar-refractivity contribution >= 4 is 33.5 Å². The number of likely N-dealkylation sites (tertiary alicyclic amines) is 1. The number of rotatable bonds is 9. The number of carbonyl (C=O) groups is 1. The molecule has 2 aliphatic rings. The third-order valence-corrected chi connectivity index (χ3v) is 9.07. The van der Waals surface area contributed by atoms with E-state index in [1.54, 1.807) is 24.8 Å². The lowest BCUT2D eigenvalue weighted by atomic mass is 9.85. The summed E-state index contributed by atoms with van der Waals surface area (Å²) in [4.78, 5) is 31.8. The summed E-state index contributed by atoms with van der Waals surface area (Å²) < 4.78 is 20.8. The number of pyridine rings is 3. The zero-order chi connectivity index (χ0) is 31.0. The fourth-order valence-electron chi connectivity index (χ4n) is 6.35. The molecule has 1 saturated carbocycles. The normalized spacial score (nSPS) is 15.4. The molecule has 0 unspecified atom stereocenters. The summed E-state index contributed by atoms with van der Waals surface area (Å²) in [7, 11) is 0.